The second-order valence-electron chi connectivity index (χ2n) is 5.18. The molecule has 0 fully saturated rings. The summed E-state index contributed by atoms with van der Waals surface area (Å²) in [5.74, 6) is -0.444. The van der Waals surface area contributed by atoms with E-state index in [1.54, 1.807) is 7.05 Å². The number of esters is 1. The first-order chi connectivity index (χ1) is 9.93. The van der Waals surface area contributed by atoms with Crippen molar-refractivity contribution in [1.29, 1.82) is 0 Å². The number of nitrogens with zero attached hydrogens (tertiary/aromatic N) is 2. The summed E-state index contributed by atoms with van der Waals surface area (Å²) in [6, 6.07) is 6.00. The number of carbonyl (C=O) groups is 1. The fourth-order valence-electron chi connectivity index (χ4n) is 2.21. The Morgan fingerprint density at radius 1 is 1.33 bits per heavy atom. The average Bonchev–Trinajstić information content (AvgIpc) is 2.74. The number of carbonyl (C=O) groups excluding carboxylic acids is 1. The van der Waals surface area contributed by atoms with Gasteiger partial charge in [0.15, 0.2) is 5.69 Å². The van der Waals surface area contributed by atoms with Crippen molar-refractivity contribution < 1.29 is 9.53 Å². The number of benzene rings is 1. The molecule has 0 amide bonds. The van der Waals surface area contributed by atoms with Crippen molar-refractivity contribution in [1.82, 2.24) is 9.78 Å². The zero-order valence-corrected chi connectivity index (χ0v) is 12.9. The number of rotatable bonds is 4. The van der Waals surface area contributed by atoms with Crippen molar-refractivity contribution in [2.75, 3.05) is 5.73 Å². The number of hydrogen-bond donors (Lipinski definition) is 1. The van der Waals surface area contributed by atoms with Crippen molar-refractivity contribution in [2.45, 2.75) is 33.8 Å². The Morgan fingerprint density at radius 2 is 2.05 bits per heavy atom. The molecule has 2 aromatic rings. The SMILES string of the molecule is CCc1nn(C)c(C(=O)OCc2ccc(C)c(C)c2)c1N. The molecule has 21 heavy (non-hydrogen) atoms. The van der Waals surface area contributed by atoms with Gasteiger partial charge in [0, 0.05) is 7.05 Å². The second kappa shape index (κ2) is 5.99. The van der Waals surface area contributed by atoms with E-state index in [0.29, 0.717) is 17.8 Å². The Balaban J connectivity index is 2.11. The van der Waals surface area contributed by atoms with Crippen molar-refractivity contribution >= 4 is 11.7 Å². The van der Waals surface area contributed by atoms with E-state index in [4.69, 9.17) is 10.5 Å². The zero-order valence-electron chi connectivity index (χ0n) is 12.9. The smallest absolute Gasteiger partial charge is 0.359 e. The first-order valence-electron chi connectivity index (χ1n) is 6.98. The van der Waals surface area contributed by atoms with E-state index < -0.39 is 5.97 Å². The van der Waals surface area contributed by atoms with Gasteiger partial charge in [0.1, 0.15) is 6.61 Å². The summed E-state index contributed by atoms with van der Waals surface area (Å²) < 4.78 is 6.83. The largest absolute Gasteiger partial charge is 0.456 e. The lowest BCUT2D eigenvalue weighted by molar-refractivity contribution is 0.0461. The van der Waals surface area contributed by atoms with Crippen LogP contribution in [0.4, 0.5) is 5.69 Å². The molecule has 1 aromatic heterocycles. The summed E-state index contributed by atoms with van der Waals surface area (Å²) in [4.78, 5) is 12.2. The molecule has 0 aliphatic heterocycles. The van der Waals surface area contributed by atoms with Crippen molar-refractivity contribution in [2.24, 2.45) is 7.05 Å². The van der Waals surface area contributed by atoms with Crippen LogP contribution in [0, 0.1) is 13.8 Å². The van der Waals surface area contributed by atoms with Crippen LogP contribution >= 0.6 is 0 Å². The fraction of sp³-hybridized carbons (Fsp3) is 0.375. The molecule has 1 aromatic carbocycles. The Bertz CT molecular complexity index is 674. The predicted octanol–water partition coefficient (Wildman–Crippen LogP) is 2.54. The van der Waals surface area contributed by atoms with Crippen molar-refractivity contribution in [3.05, 3.63) is 46.3 Å². The van der Waals surface area contributed by atoms with Gasteiger partial charge in [-0.3, -0.25) is 4.68 Å². The van der Waals surface area contributed by atoms with Gasteiger partial charge in [-0.25, -0.2) is 4.79 Å². The first-order valence-corrected chi connectivity index (χ1v) is 6.98. The first kappa shape index (κ1) is 15.1. The van der Waals surface area contributed by atoms with E-state index in [9.17, 15) is 4.79 Å². The summed E-state index contributed by atoms with van der Waals surface area (Å²) in [7, 11) is 1.70. The molecule has 2 rings (SSSR count). The van der Waals surface area contributed by atoms with Gasteiger partial charge < -0.3 is 10.5 Å². The highest BCUT2D eigenvalue weighted by molar-refractivity contribution is 5.93. The Kier molecular flexibility index (Phi) is 4.31. The maximum Gasteiger partial charge on any atom is 0.359 e. The van der Waals surface area contributed by atoms with E-state index in [-0.39, 0.29) is 6.61 Å². The van der Waals surface area contributed by atoms with Crippen LogP contribution in [0.5, 0.6) is 0 Å². The highest BCUT2D eigenvalue weighted by Crippen LogP contribution is 2.19. The summed E-state index contributed by atoms with van der Waals surface area (Å²) in [6.45, 7) is 6.26. The molecule has 5 nitrogen and oxygen atoms in total. The van der Waals surface area contributed by atoms with Crippen molar-refractivity contribution in [3.8, 4) is 0 Å². The lowest BCUT2D eigenvalue weighted by atomic mass is 10.1. The molecule has 0 saturated carbocycles. The van der Waals surface area contributed by atoms with Gasteiger partial charge >= 0.3 is 5.97 Å². The van der Waals surface area contributed by atoms with Gasteiger partial charge in [0.05, 0.1) is 11.4 Å². The molecule has 112 valence electrons. The second-order valence-corrected chi connectivity index (χ2v) is 5.18. The molecule has 1 heterocycles. The average molecular weight is 287 g/mol. The van der Waals surface area contributed by atoms with E-state index in [0.717, 1.165) is 11.3 Å². The predicted molar refractivity (Wildman–Crippen MR) is 82.0 cm³/mol. The van der Waals surface area contributed by atoms with E-state index in [2.05, 4.69) is 5.10 Å². The van der Waals surface area contributed by atoms with Crippen LogP contribution in [0.3, 0.4) is 0 Å². The van der Waals surface area contributed by atoms with Gasteiger partial charge in [-0.1, -0.05) is 25.1 Å². The van der Waals surface area contributed by atoms with Gasteiger partial charge in [0.2, 0.25) is 0 Å². The van der Waals surface area contributed by atoms with Crippen LogP contribution in [-0.2, 0) is 24.8 Å². The third kappa shape index (κ3) is 3.07. The van der Waals surface area contributed by atoms with Gasteiger partial charge in [0.25, 0.3) is 0 Å². The summed E-state index contributed by atoms with van der Waals surface area (Å²) in [5, 5.41) is 4.22. The Hall–Kier alpha value is -2.30. The van der Waals surface area contributed by atoms with Crippen molar-refractivity contribution in [3.63, 3.8) is 0 Å². The molecular formula is C16H21N3O2. The van der Waals surface area contributed by atoms with Crippen LogP contribution in [0.2, 0.25) is 0 Å². The standard InChI is InChI=1S/C16H21N3O2/c1-5-13-14(17)15(19(4)18-13)16(20)21-9-12-7-6-10(2)11(3)8-12/h6-8H,5,9,17H2,1-4H3. The number of ether oxygens (including phenoxy) is 1. The third-order valence-electron chi connectivity index (χ3n) is 3.63. The topological polar surface area (TPSA) is 70.1 Å². The maximum absolute atomic E-state index is 12.2. The van der Waals surface area contributed by atoms with Crippen LogP contribution < -0.4 is 5.73 Å². The molecule has 0 spiro atoms. The minimum Gasteiger partial charge on any atom is -0.456 e. The molecule has 0 aliphatic rings. The summed E-state index contributed by atoms with van der Waals surface area (Å²) >= 11 is 0. The molecule has 2 N–H and O–H groups in total. The quantitative estimate of drug-likeness (QED) is 0.877. The Morgan fingerprint density at radius 3 is 2.62 bits per heavy atom. The zero-order chi connectivity index (χ0) is 15.6. The monoisotopic (exact) mass is 287 g/mol. The highest BCUT2D eigenvalue weighted by atomic mass is 16.5. The van der Waals surface area contributed by atoms with Crippen LogP contribution in [-0.4, -0.2) is 15.7 Å². The van der Waals surface area contributed by atoms with Crippen LogP contribution in [0.1, 0.15) is 39.8 Å². The number of hydrogen-bond acceptors (Lipinski definition) is 4. The molecule has 0 aliphatic carbocycles. The van der Waals surface area contributed by atoms with E-state index in [1.165, 1.54) is 15.8 Å². The minimum absolute atomic E-state index is 0.228. The molecule has 5 heteroatoms. The molecule has 0 atom stereocenters. The van der Waals surface area contributed by atoms with Gasteiger partial charge in [-0.15, -0.1) is 0 Å². The van der Waals surface area contributed by atoms with E-state index in [1.807, 2.05) is 39.0 Å². The lowest BCUT2D eigenvalue weighted by Crippen LogP contribution is -2.12. The Labute approximate surface area is 124 Å². The number of aromatic nitrogens is 2. The minimum atomic E-state index is -0.444. The molecular weight excluding hydrogens is 266 g/mol. The third-order valence-corrected chi connectivity index (χ3v) is 3.63. The molecule has 0 unspecified atom stereocenters. The van der Waals surface area contributed by atoms with E-state index >= 15 is 0 Å². The normalized spacial score (nSPS) is 10.7. The number of anilines is 1. The number of aryl methyl sites for hydroxylation is 4. The molecule has 0 radical (unpaired) electrons. The summed E-state index contributed by atoms with van der Waals surface area (Å²) in [6.07, 6.45) is 0.685. The van der Waals surface area contributed by atoms with Crippen LogP contribution in [0.15, 0.2) is 18.2 Å². The fourth-order valence-corrected chi connectivity index (χ4v) is 2.21. The maximum atomic E-state index is 12.2. The number of nitrogens with two attached hydrogens (primary N) is 1. The lowest BCUT2D eigenvalue weighted by Gasteiger charge is -2.08. The van der Waals surface area contributed by atoms with Crippen LogP contribution in [0.25, 0.3) is 0 Å². The number of nitrogen functional groups attached to an aromatic ring is 1. The highest BCUT2D eigenvalue weighted by Gasteiger charge is 2.20. The summed E-state index contributed by atoms with van der Waals surface area (Å²) in [5.41, 5.74) is 10.7. The molecule has 0 saturated heterocycles. The van der Waals surface area contributed by atoms with Gasteiger partial charge in [-0.2, -0.15) is 5.10 Å². The van der Waals surface area contributed by atoms with Gasteiger partial charge in [-0.05, 0) is 37.0 Å². The molecule has 0 bridgehead atoms.